The van der Waals surface area contributed by atoms with Crippen molar-refractivity contribution in [2.45, 2.75) is 37.7 Å². The third-order valence-electron chi connectivity index (χ3n) is 6.80. The molecule has 3 aromatic carbocycles. The van der Waals surface area contributed by atoms with E-state index in [0.717, 1.165) is 11.1 Å². The molecule has 40 heavy (non-hydrogen) atoms. The summed E-state index contributed by atoms with van der Waals surface area (Å²) in [5.41, 5.74) is 1.07. The predicted molar refractivity (Wildman–Crippen MR) is 146 cm³/mol. The van der Waals surface area contributed by atoms with Gasteiger partial charge in [0.2, 0.25) is 0 Å². The first-order valence-corrected chi connectivity index (χ1v) is 12.9. The fourth-order valence-electron chi connectivity index (χ4n) is 4.73. The maximum absolute atomic E-state index is 13.5. The van der Waals surface area contributed by atoms with Crippen molar-refractivity contribution in [3.8, 4) is 0 Å². The standard InChI is InChI=1S/C31H28N2O7/c1-20-18-33(31(37)32-28(20)34)26-17-24(40-29(35)23-15-9-4-10-16-23)25(39-26)19-38-30(36)27(21-11-5-2-6-12-21)22-13-7-3-8-14-22/h2-16,18,24-27H,17,19H2,1H3,(H,32,34,37)/t24-,25+,26-/m0/s1. The van der Waals surface area contributed by atoms with Gasteiger partial charge in [0.25, 0.3) is 5.56 Å². The molecule has 2 heterocycles. The van der Waals surface area contributed by atoms with Crippen LogP contribution in [0.15, 0.2) is 107 Å². The summed E-state index contributed by atoms with van der Waals surface area (Å²) < 4.78 is 18.9. The summed E-state index contributed by atoms with van der Waals surface area (Å²) in [7, 11) is 0. The average molecular weight is 541 g/mol. The minimum Gasteiger partial charge on any atom is -0.462 e. The molecule has 1 aromatic heterocycles. The van der Waals surface area contributed by atoms with Crippen molar-refractivity contribution in [3.63, 3.8) is 0 Å². The summed E-state index contributed by atoms with van der Waals surface area (Å²) in [6, 6.07) is 27.1. The van der Waals surface area contributed by atoms with Crippen LogP contribution in [-0.4, -0.2) is 40.3 Å². The van der Waals surface area contributed by atoms with Gasteiger partial charge in [0, 0.05) is 18.2 Å². The minimum atomic E-state index is -0.854. The number of carbonyl (C=O) groups excluding carboxylic acids is 2. The Bertz CT molecular complexity index is 1540. The molecular formula is C31H28N2O7. The number of nitrogens with zero attached hydrogens (tertiary/aromatic N) is 1. The van der Waals surface area contributed by atoms with Gasteiger partial charge in [0.1, 0.15) is 31.0 Å². The van der Waals surface area contributed by atoms with Crippen LogP contribution in [0.2, 0.25) is 0 Å². The molecule has 0 bridgehead atoms. The average Bonchev–Trinajstić information content (AvgIpc) is 3.37. The lowest BCUT2D eigenvalue weighted by atomic mass is 9.91. The van der Waals surface area contributed by atoms with Crippen molar-refractivity contribution in [2.24, 2.45) is 0 Å². The lowest BCUT2D eigenvalue weighted by molar-refractivity contribution is -0.151. The molecular weight excluding hydrogens is 512 g/mol. The van der Waals surface area contributed by atoms with Gasteiger partial charge in [-0.05, 0) is 30.2 Å². The van der Waals surface area contributed by atoms with E-state index in [-0.39, 0.29) is 13.0 Å². The molecule has 204 valence electrons. The minimum absolute atomic E-state index is 0.118. The second-order valence-corrected chi connectivity index (χ2v) is 9.54. The summed E-state index contributed by atoms with van der Waals surface area (Å²) in [6.07, 6.45) is -1.01. The highest BCUT2D eigenvalue weighted by atomic mass is 16.6. The smallest absolute Gasteiger partial charge is 0.338 e. The van der Waals surface area contributed by atoms with Gasteiger partial charge >= 0.3 is 17.6 Å². The molecule has 5 rings (SSSR count). The molecule has 4 aromatic rings. The van der Waals surface area contributed by atoms with E-state index < -0.39 is 47.5 Å². The van der Waals surface area contributed by atoms with Gasteiger partial charge < -0.3 is 14.2 Å². The molecule has 0 saturated carbocycles. The van der Waals surface area contributed by atoms with Crippen molar-refractivity contribution in [3.05, 3.63) is 140 Å². The van der Waals surface area contributed by atoms with Crippen LogP contribution in [0.1, 0.15) is 45.6 Å². The summed E-state index contributed by atoms with van der Waals surface area (Å²) in [6.45, 7) is 1.36. The zero-order chi connectivity index (χ0) is 28.1. The number of aromatic nitrogens is 2. The Morgan fingerprint density at radius 1 is 0.925 bits per heavy atom. The number of H-pyrrole nitrogens is 1. The number of aromatic amines is 1. The number of ether oxygens (including phenoxy) is 3. The maximum atomic E-state index is 13.5. The van der Waals surface area contributed by atoms with E-state index in [9.17, 15) is 19.2 Å². The van der Waals surface area contributed by atoms with Crippen LogP contribution in [0.4, 0.5) is 0 Å². The molecule has 0 radical (unpaired) electrons. The zero-order valence-electron chi connectivity index (χ0n) is 21.8. The summed E-state index contributed by atoms with van der Waals surface area (Å²) in [4.78, 5) is 53.0. The Hall–Kier alpha value is -4.76. The lowest BCUT2D eigenvalue weighted by Crippen LogP contribution is -2.34. The molecule has 0 unspecified atom stereocenters. The van der Waals surface area contributed by atoms with Crippen LogP contribution >= 0.6 is 0 Å². The van der Waals surface area contributed by atoms with Crippen LogP contribution in [0.25, 0.3) is 0 Å². The van der Waals surface area contributed by atoms with Crippen molar-refractivity contribution in [2.75, 3.05) is 6.61 Å². The van der Waals surface area contributed by atoms with Crippen molar-refractivity contribution < 1.29 is 23.8 Å². The van der Waals surface area contributed by atoms with Gasteiger partial charge in [0.15, 0.2) is 0 Å². The first-order valence-electron chi connectivity index (χ1n) is 12.9. The Morgan fingerprint density at radius 3 is 2.10 bits per heavy atom. The number of nitrogens with one attached hydrogen (secondary N) is 1. The van der Waals surface area contributed by atoms with E-state index in [1.54, 1.807) is 37.3 Å². The first kappa shape index (κ1) is 26.8. The number of hydrogen-bond donors (Lipinski definition) is 1. The molecule has 1 saturated heterocycles. The van der Waals surface area contributed by atoms with Gasteiger partial charge in [-0.3, -0.25) is 19.1 Å². The predicted octanol–water partition coefficient (Wildman–Crippen LogP) is 3.73. The van der Waals surface area contributed by atoms with Crippen molar-refractivity contribution >= 4 is 11.9 Å². The summed E-state index contributed by atoms with van der Waals surface area (Å²) in [5.74, 6) is -1.73. The number of rotatable bonds is 8. The zero-order valence-corrected chi connectivity index (χ0v) is 21.8. The molecule has 1 N–H and O–H groups in total. The maximum Gasteiger partial charge on any atom is 0.338 e. The van der Waals surface area contributed by atoms with Gasteiger partial charge in [-0.1, -0.05) is 78.9 Å². The molecule has 1 aliphatic heterocycles. The normalized spacial score (nSPS) is 18.4. The summed E-state index contributed by atoms with van der Waals surface area (Å²) >= 11 is 0. The van der Waals surface area contributed by atoms with Crippen LogP contribution in [0, 0.1) is 6.92 Å². The number of carbonyl (C=O) groups is 2. The molecule has 3 atom stereocenters. The van der Waals surface area contributed by atoms with E-state index in [4.69, 9.17) is 14.2 Å². The van der Waals surface area contributed by atoms with Crippen LogP contribution in [0.3, 0.4) is 0 Å². The Balaban J connectivity index is 1.38. The first-order chi connectivity index (χ1) is 19.4. The van der Waals surface area contributed by atoms with Crippen LogP contribution in [-0.2, 0) is 19.0 Å². The van der Waals surface area contributed by atoms with E-state index in [0.29, 0.717) is 11.1 Å². The van der Waals surface area contributed by atoms with Crippen molar-refractivity contribution in [1.29, 1.82) is 0 Å². The third-order valence-corrected chi connectivity index (χ3v) is 6.80. The number of benzene rings is 3. The topological polar surface area (TPSA) is 117 Å². The fourth-order valence-corrected chi connectivity index (χ4v) is 4.73. The third kappa shape index (κ3) is 5.94. The van der Waals surface area contributed by atoms with Crippen molar-refractivity contribution in [1.82, 2.24) is 9.55 Å². The quantitative estimate of drug-likeness (QED) is 0.339. The lowest BCUT2D eigenvalue weighted by Gasteiger charge is -2.21. The molecule has 0 amide bonds. The van der Waals surface area contributed by atoms with Gasteiger partial charge in [-0.25, -0.2) is 9.59 Å². The van der Waals surface area contributed by atoms with E-state index in [1.165, 1.54) is 10.8 Å². The highest BCUT2D eigenvalue weighted by Gasteiger charge is 2.41. The van der Waals surface area contributed by atoms with Gasteiger partial charge in [-0.2, -0.15) is 0 Å². The highest BCUT2D eigenvalue weighted by molar-refractivity contribution is 5.89. The monoisotopic (exact) mass is 540 g/mol. The fraction of sp³-hybridized carbons (Fsp3) is 0.226. The molecule has 9 nitrogen and oxygen atoms in total. The molecule has 1 aliphatic rings. The molecule has 0 spiro atoms. The Labute approximate surface area is 230 Å². The SMILES string of the molecule is Cc1cn([C@@H]2C[C@H](OC(=O)c3ccccc3)[C@@H](COC(=O)C(c3ccccc3)c3ccccc3)O2)c(=O)[nH]c1=O. The van der Waals surface area contributed by atoms with E-state index in [2.05, 4.69) is 4.98 Å². The van der Waals surface area contributed by atoms with E-state index in [1.807, 2.05) is 60.7 Å². The van der Waals surface area contributed by atoms with Gasteiger partial charge in [0.05, 0.1) is 5.56 Å². The van der Waals surface area contributed by atoms with Crippen LogP contribution in [0.5, 0.6) is 0 Å². The van der Waals surface area contributed by atoms with E-state index >= 15 is 0 Å². The second kappa shape index (κ2) is 12.0. The number of aryl methyl sites for hydroxylation is 1. The second-order valence-electron chi connectivity index (χ2n) is 9.54. The molecule has 1 fully saturated rings. The number of hydrogen-bond acceptors (Lipinski definition) is 7. The Morgan fingerprint density at radius 2 is 1.50 bits per heavy atom. The summed E-state index contributed by atoms with van der Waals surface area (Å²) in [5, 5.41) is 0. The largest absolute Gasteiger partial charge is 0.462 e. The van der Waals surface area contributed by atoms with Gasteiger partial charge in [-0.15, -0.1) is 0 Å². The number of esters is 2. The Kier molecular flexibility index (Phi) is 8.02. The highest BCUT2D eigenvalue weighted by Crippen LogP contribution is 2.32. The molecule has 9 heteroatoms. The molecule has 0 aliphatic carbocycles. The van der Waals surface area contributed by atoms with Crippen LogP contribution < -0.4 is 11.2 Å².